The molecular formula is C26H30ClN3O6. The van der Waals surface area contributed by atoms with Gasteiger partial charge >= 0.3 is 5.97 Å². The summed E-state index contributed by atoms with van der Waals surface area (Å²) >= 11 is 6.09. The molecular weight excluding hydrogens is 486 g/mol. The minimum Gasteiger partial charge on any atom is -0.507 e. The smallest absolute Gasteiger partial charge is 0.354 e. The molecule has 10 heteroatoms. The van der Waals surface area contributed by atoms with Crippen LogP contribution in [0.15, 0.2) is 29.8 Å². The summed E-state index contributed by atoms with van der Waals surface area (Å²) in [7, 11) is 1.26. The van der Waals surface area contributed by atoms with Gasteiger partial charge in [-0.3, -0.25) is 14.5 Å². The van der Waals surface area contributed by atoms with Crippen molar-refractivity contribution in [2.45, 2.75) is 26.3 Å². The Morgan fingerprint density at radius 3 is 2.47 bits per heavy atom. The number of aliphatic hydroxyl groups is 1. The number of morpholine rings is 1. The maximum atomic E-state index is 13.3. The number of nitrogens with one attached hydrogen (secondary N) is 1. The first-order chi connectivity index (χ1) is 17.2. The molecule has 2 aliphatic rings. The number of amides is 1. The van der Waals surface area contributed by atoms with Crippen LogP contribution < -0.4 is 0 Å². The van der Waals surface area contributed by atoms with Crippen molar-refractivity contribution in [3.05, 3.63) is 62.9 Å². The summed E-state index contributed by atoms with van der Waals surface area (Å²) in [6, 6.07) is 6.08. The minimum atomic E-state index is -0.790. The lowest BCUT2D eigenvalue weighted by molar-refractivity contribution is -0.140. The molecule has 1 aromatic carbocycles. The zero-order chi connectivity index (χ0) is 26.0. The van der Waals surface area contributed by atoms with Crippen LogP contribution in [0.1, 0.15) is 45.3 Å². The van der Waals surface area contributed by atoms with E-state index >= 15 is 0 Å². The number of ketones is 1. The predicted octanol–water partition coefficient (Wildman–Crippen LogP) is 3.22. The van der Waals surface area contributed by atoms with Crippen molar-refractivity contribution in [2.24, 2.45) is 0 Å². The number of H-pyrrole nitrogens is 1. The van der Waals surface area contributed by atoms with E-state index in [-0.39, 0.29) is 17.0 Å². The zero-order valence-corrected chi connectivity index (χ0v) is 21.4. The van der Waals surface area contributed by atoms with Crippen molar-refractivity contribution in [3.63, 3.8) is 0 Å². The van der Waals surface area contributed by atoms with E-state index < -0.39 is 23.7 Å². The SMILES string of the molecule is COC(=O)c1[nH]c(C)c(/C(O)=C2\C(=O)C(=O)N(CCCN3CCOCC3)C2c2ccc(Cl)cc2)c1C. The van der Waals surface area contributed by atoms with Crippen LogP contribution in [0.5, 0.6) is 0 Å². The maximum Gasteiger partial charge on any atom is 0.354 e. The minimum absolute atomic E-state index is 0.0182. The Bertz CT molecular complexity index is 1200. The van der Waals surface area contributed by atoms with E-state index in [4.69, 9.17) is 21.1 Å². The molecule has 2 aromatic rings. The second-order valence-corrected chi connectivity index (χ2v) is 9.40. The monoisotopic (exact) mass is 515 g/mol. The molecule has 2 saturated heterocycles. The van der Waals surface area contributed by atoms with Crippen LogP contribution in [-0.2, 0) is 19.1 Å². The van der Waals surface area contributed by atoms with E-state index in [0.29, 0.717) is 53.6 Å². The second-order valence-electron chi connectivity index (χ2n) is 8.97. The molecule has 9 nitrogen and oxygen atoms in total. The van der Waals surface area contributed by atoms with Crippen molar-refractivity contribution in [1.29, 1.82) is 0 Å². The van der Waals surface area contributed by atoms with Crippen LogP contribution in [0.4, 0.5) is 0 Å². The molecule has 1 aromatic heterocycles. The lowest BCUT2D eigenvalue weighted by Gasteiger charge is -2.29. The van der Waals surface area contributed by atoms with Crippen molar-refractivity contribution in [1.82, 2.24) is 14.8 Å². The van der Waals surface area contributed by atoms with Gasteiger partial charge in [0.1, 0.15) is 11.5 Å². The molecule has 0 saturated carbocycles. The fourth-order valence-corrected chi connectivity index (χ4v) is 5.06. The number of benzene rings is 1. The number of aryl methyl sites for hydroxylation is 1. The van der Waals surface area contributed by atoms with Gasteiger partial charge in [-0.15, -0.1) is 0 Å². The molecule has 0 bridgehead atoms. The topological polar surface area (TPSA) is 112 Å². The summed E-state index contributed by atoms with van der Waals surface area (Å²) in [5.74, 6) is -2.35. The van der Waals surface area contributed by atoms with Gasteiger partial charge in [0.15, 0.2) is 0 Å². The van der Waals surface area contributed by atoms with E-state index in [0.717, 1.165) is 19.6 Å². The quantitative estimate of drug-likeness (QED) is 0.252. The number of nitrogens with zero attached hydrogens (tertiary/aromatic N) is 2. The molecule has 1 unspecified atom stereocenters. The molecule has 2 fully saturated rings. The number of aromatic nitrogens is 1. The van der Waals surface area contributed by atoms with Crippen LogP contribution in [0.3, 0.4) is 0 Å². The fourth-order valence-electron chi connectivity index (χ4n) is 4.94. The summed E-state index contributed by atoms with van der Waals surface area (Å²) in [6.07, 6.45) is 0.659. The molecule has 4 rings (SSSR count). The molecule has 1 amide bonds. The van der Waals surface area contributed by atoms with Gasteiger partial charge in [-0.2, -0.15) is 0 Å². The van der Waals surface area contributed by atoms with Crippen molar-refractivity contribution in [2.75, 3.05) is 46.5 Å². The predicted molar refractivity (Wildman–Crippen MR) is 134 cm³/mol. The lowest BCUT2D eigenvalue weighted by atomic mass is 9.94. The largest absolute Gasteiger partial charge is 0.507 e. The number of aliphatic hydroxyl groups excluding tert-OH is 1. The van der Waals surface area contributed by atoms with E-state index in [2.05, 4.69) is 9.88 Å². The van der Waals surface area contributed by atoms with E-state index in [1.54, 1.807) is 38.1 Å². The normalized spacial score (nSPS) is 20.2. The van der Waals surface area contributed by atoms with Crippen LogP contribution in [0.2, 0.25) is 5.02 Å². The van der Waals surface area contributed by atoms with Crippen LogP contribution in [0.25, 0.3) is 5.76 Å². The highest BCUT2D eigenvalue weighted by atomic mass is 35.5. The number of esters is 1. The number of methoxy groups -OCH3 is 1. The van der Waals surface area contributed by atoms with Crippen LogP contribution in [-0.4, -0.2) is 84.1 Å². The molecule has 1 atom stereocenters. The molecule has 192 valence electrons. The summed E-state index contributed by atoms with van der Waals surface area (Å²) in [6.45, 7) is 7.45. The number of hydrogen-bond donors (Lipinski definition) is 2. The molecule has 0 radical (unpaired) electrons. The van der Waals surface area contributed by atoms with Gasteiger partial charge in [0, 0.05) is 42.5 Å². The van der Waals surface area contributed by atoms with E-state index in [1.807, 2.05) is 0 Å². The molecule has 3 heterocycles. The van der Waals surface area contributed by atoms with Crippen molar-refractivity contribution >= 4 is 35.0 Å². The maximum absolute atomic E-state index is 13.3. The summed E-state index contributed by atoms with van der Waals surface area (Å²) in [4.78, 5) is 45.4. The summed E-state index contributed by atoms with van der Waals surface area (Å²) in [5, 5.41) is 11.9. The molecule has 0 aliphatic carbocycles. The summed E-state index contributed by atoms with van der Waals surface area (Å²) in [5.41, 5.74) is 2.05. The third kappa shape index (κ3) is 4.91. The number of aromatic amines is 1. The number of rotatable bonds is 7. The number of halogens is 1. The van der Waals surface area contributed by atoms with Gasteiger partial charge in [0.2, 0.25) is 0 Å². The van der Waals surface area contributed by atoms with Gasteiger partial charge in [-0.05, 0) is 43.5 Å². The lowest BCUT2D eigenvalue weighted by Crippen LogP contribution is -2.38. The number of hydrogen-bond acceptors (Lipinski definition) is 7. The van der Waals surface area contributed by atoms with Gasteiger partial charge in [0.05, 0.1) is 31.9 Å². The van der Waals surface area contributed by atoms with Crippen molar-refractivity contribution < 1.29 is 29.0 Å². The Hall–Kier alpha value is -3.14. The van der Waals surface area contributed by atoms with Crippen LogP contribution >= 0.6 is 11.6 Å². The first kappa shape index (κ1) is 25.9. The average molecular weight is 516 g/mol. The Morgan fingerprint density at radius 1 is 1.17 bits per heavy atom. The number of likely N-dealkylation sites (tertiary alicyclic amines) is 1. The standard InChI is InChI=1S/C26H30ClN3O6/c1-15-19(16(2)28-21(15)26(34)35-3)23(31)20-22(17-5-7-18(27)8-6-17)30(25(33)24(20)32)10-4-9-29-11-13-36-14-12-29/h5-8,22,28,31H,4,9-14H2,1-3H3/b23-20+. The molecule has 2 N–H and O–H groups in total. The third-order valence-electron chi connectivity index (χ3n) is 6.77. The number of carbonyl (C=O) groups is 3. The molecule has 36 heavy (non-hydrogen) atoms. The van der Waals surface area contributed by atoms with Gasteiger partial charge in [-0.1, -0.05) is 23.7 Å². The van der Waals surface area contributed by atoms with Gasteiger partial charge < -0.3 is 24.5 Å². The number of carbonyl (C=O) groups excluding carboxylic acids is 3. The third-order valence-corrected chi connectivity index (χ3v) is 7.02. The fraction of sp³-hybridized carbons (Fsp3) is 0.423. The number of ether oxygens (including phenoxy) is 2. The Balaban J connectivity index is 1.74. The highest BCUT2D eigenvalue weighted by Crippen LogP contribution is 2.41. The Kier molecular flexibility index (Phi) is 7.82. The first-order valence-electron chi connectivity index (χ1n) is 11.9. The summed E-state index contributed by atoms with van der Waals surface area (Å²) < 4.78 is 10.2. The highest BCUT2D eigenvalue weighted by molar-refractivity contribution is 6.46. The molecule has 0 spiro atoms. The first-order valence-corrected chi connectivity index (χ1v) is 12.2. The average Bonchev–Trinajstić information content (AvgIpc) is 3.31. The second kappa shape index (κ2) is 10.9. The highest BCUT2D eigenvalue weighted by Gasteiger charge is 2.46. The Labute approximate surface area is 214 Å². The van der Waals surface area contributed by atoms with E-state index in [1.165, 1.54) is 12.0 Å². The van der Waals surface area contributed by atoms with Crippen molar-refractivity contribution in [3.8, 4) is 0 Å². The van der Waals surface area contributed by atoms with Crippen LogP contribution in [0, 0.1) is 13.8 Å². The zero-order valence-electron chi connectivity index (χ0n) is 20.6. The number of Topliss-reactive ketones (excluding diaryl/α,β-unsaturated/α-hetero) is 1. The Morgan fingerprint density at radius 2 is 1.83 bits per heavy atom. The van der Waals surface area contributed by atoms with E-state index in [9.17, 15) is 19.5 Å². The van der Waals surface area contributed by atoms with Gasteiger partial charge in [-0.25, -0.2) is 4.79 Å². The molecule has 2 aliphatic heterocycles. The van der Waals surface area contributed by atoms with Gasteiger partial charge in [0.25, 0.3) is 11.7 Å².